The third-order valence-corrected chi connectivity index (χ3v) is 6.80. The molecule has 2 aliphatic rings. The van der Waals surface area contributed by atoms with Gasteiger partial charge in [0, 0.05) is 60.4 Å². The number of fused-ring (bicyclic) bond motifs is 1. The van der Waals surface area contributed by atoms with E-state index in [0.717, 1.165) is 35.2 Å². The van der Waals surface area contributed by atoms with Crippen molar-refractivity contribution in [1.82, 2.24) is 30.7 Å². The summed E-state index contributed by atoms with van der Waals surface area (Å²) >= 11 is 0. The summed E-state index contributed by atoms with van der Waals surface area (Å²) in [6.07, 6.45) is -0.692. The number of benzene rings is 2. The van der Waals surface area contributed by atoms with E-state index in [9.17, 15) is 13.6 Å². The first-order chi connectivity index (χ1) is 17.5. The van der Waals surface area contributed by atoms with Crippen molar-refractivity contribution in [1.29, 1.82) is 0 Å². The molecule has 0 bridgehead atoms. The molecular formula is C26H25F2N7O. The summed E-state index contributed by atoms with van der Waals surface area (Å²) in [4.78, 5) is 26.3. The third-order valence-electron chi connectivity index (χ3n) is 6.80. The molecule has 36 heavy (non-hydrogen) atoms. The maximum Gasteiger partial charge on any atom is 0.270 e. The smallest absolute Gasteiger partial charge is 0.270 e. The first kappa shape index (κ1) is 22.6. The van der Waals surface area contributed by atoms with Crippen molar-refractivity contribution >= 4 is 28.3 Å². The minimum atomic E-state index is -2.39. The second-order valence-electron chi connectivity index (χ2n) is 9.26. The Morgan fingerprint density at radius 3 is 2.56 bits per heavy atom. The minimum absolute atomic E-state index is 0.0858. The lowest BCUT2D eigenvalue weighted by atomic mass is 10.0. The fourth-order valence-electron chi connectivity index (χ4n) is 4.64. The molecule has 8 nitrogen and oxygen atoms in total. The highest BCUT2D eigenvalue weighted by Crippen LogP contribution is 2.28. The first-order valence-corrected chi connectivity index (χ1v) is 11.9. The Bertz CT molecular complexity index is 1390. The highest BCUT2D eigenvalue weighted by Gasteiger charge is 2.37. The quantitative estimate of drug-likeness (QED) is 0.328. The molecule has 0 saturated carbocycles. The van der Waals surface area contributed by atoms with Gasteiger partial charge in [0.05, 0.1) is 5.92 Å². The van der Waals surface area contributed by atoms with Gasteiger partial charge in [-0.05, 0) is 35.9 Å². The van der Waals surface area contributed by atoms with Crippen LogP contribution in [0.5, 0.6) is 0 Å². The fraction of sp³-hybridized carbons (Fsp3) is 0.269. The van der Waals surface area contributed by atoms with Gasteiger partial charge in [0.2, 0.25) is 6.43 Å². The maximum absolute atomic E-state index is 12.8. The summed E-state index contributed by atoms with van der Waals surface area (Å²) < 4.78 is 25.5. The number of aromatic amines is 1. The van der Waals surface area contributed by atoms with Crippen molar-refractivity contribution in [2.45, 2.75) is 12.3 Å². The van der Waals surface area contributed by atoms with Crippen LogP contribution in [0.4, 0.5) is 20.3 Å². The predicted molar refractivity (Wildman–Crippen MR) is 133 cm³/mol. The van der Waals surface area contributed by atoms with E-state index < -0.39 is 12.3 Å². The lowest BCUT2D eigenvalue weighted by Crippen LogP contribution is -2.52. The van der Waals surface area contributed by atoms with Crippen LogP contribution in [0.1, 0.15) is 22.0 Å². The predicted octanol–water partition coefficient (Wildman–Crippen LogP) is 3.90. The normalized spacial score (nSPS) is 16.6. The number of carbonyl (C=O) groups is 1. The van der Waals surface area contributed by atoms with Crippen molar-refractivity contribution < 1.29 is 13.6 Å². The summed E-state index contributed by atoms with van der Waals surface area (Å²) in [7, 11) is 0. The molecule has 2 aromatic heterocycles. The van der Waals surface area contributed by atoms with Crippen molar-refractivity contribution in [3.05, 3.63) is 72.1 Å². The summed E-state index contributed by atoms with van der Waals surface area (Å²) in [5.41, 5.74) is 10.5. The van der Waals surface area contributed by atoms with E-state index in [1.807, 2.05) is 36.4 Å². The average molecular weight is 490 g/mol. The number of likely N-dealkylation sites (tertiary alicyclic amines) is 1. The molecule has 4 aromatic rings. The van der Waals surface area contributed by atoms with Gasteiger partial charge in [-0.1, -0.05) is 24.3 Å². The summed E-state index contributed by atoms with van der Waals surface area (Å²) in [5, 5.41) is 4.19. The second kappa shape index (κ2) is 9.29. The van der Waals surface area contributed by atoms with Crippen LogP contribution in [0.2, 0.25) is 0 Å². The number of nitrogens with zero attached hydrogens (tertiary/aromatic N) is 3. The largest absolute Gasteiger partial charge is 0.351 e. The number of nitrogens with one attached hydrogen (secondary N) is 4. The van der Waals surface area contributed by atoms with Crippen LogP contribution in [0, 0.1) is 5.92 Å². The number of hydrogen-bond acceptors (Lipinski definition) is 6. The van der Waals surface area contributed by atoms with Crippen molar-refractivity contribution in [2.24, 2.45) is 5.92 Å². The molecule has 0 aliphatic carbocycles. The molecule has 2 aliphatic heterocycles. The number of carbonyl (C=O) groups excluding carboxylic acids is 1. The van der Waals surface area contributed by atoms with Crippen LogP contribution in [-0.4, -0.2) is 58.4 Å². The van der Waals surface area contributed by atoms with Gasteiger partial charge in [0.25, 0.3) is 5.91 Å². The molecule has 10 heteroatoms. The van der Waals surface area contributed by atoms with Gasteiger partial charge in [-0.2, -0.15) is 0 Å². The first-order valence-electron chi connectivity index (χ1n) is 11.9. The molecule has 4 heterocycles. The summed E-state index contributed by atoms with van der Waals surface area (Å²) in [6.45, 7) is 2.01. The number of H-pyrrole nitrogens is 1. The highest BCUT2D eigenvalue weighted by molar-refractivity contribution is 5.99. The molecule has 2 saturated heterocycles. The van der Waals surface area contributed by atoms with Gasteiger partial charge in [-0.25, -0.2) is 18.7 Å². The van der Waals surface area contributed by atoms with E-state index in [1.165, 1.54) is 10.5 Å². The van der Waals surface area contributed by atoms with Crippen molar-refractivity contribution in [3.8, 4) is 11.4 Å². The van der Waals surface area contributed by atoms with E-state index in [0.29, 0.717) is 23.3 Å². The van der Waals surface area contributed by atoms with Crippen LogP contribution in [-0.2, 0) is 0 Å². The second-order valence-corrected chi connectivity index (χ2v) is 9.26. The monoisotopic (exact) mass is 489 g/mol. The van der Waals surface area contributed by atoms with Crippen LogP contribution >= 0.6 is 0 Å². The van der Waals surface area contributed by atoms with Crippen LogP contribution in [0.15, 0.2) is 60.8 Å². The number of halogens is 2. The molecule has 1 amide bonds. The Morgan fingerprint density at radius 1 is 1.03 bits per heavy atom. The number of hydrogen-bond donors (Lipinski definition) is 4. The standard InChI is InChI=1S/C26H25F2N7O/c27-24(28)19-13-35(14-19)26(36)22-9-16-1-2-17(10-21(16)33-22)25-29-8-7-23(34-25)32-20-5-3-15(4-6-20)18-11-30-31-12-18/h1-10,18-19,24,30-31,33H,11-14H2,(H,29,32,34). The molecule has 4 N–H and O–H groups in total. The number of hydrazine groups is 1. The van der Waals surface area contributed by atoms with Gasteiger partial charge >= 0.3 is 0 Å². The number of rotatable bonds is 6. The maximum atomic E-state index is 12.8. The number of amides is 1. The van der Waals surface area contributed by atoms with Crippen LogP contribution in [0.3, 0.4) is 0 Å². The van der Waals surface area contributed by atoms with Gasteiger partial charge in [0.1, 0.15) is 11.5 Å². The molecule has 184 valence electrons. The zero-order chi connectivity index (χ0) is 24.6. The van der Waals surface area contributed by atoms with Gasteiger partial charge in [-0.15, -0.1) is 0 Å². The number of aromatic nitrogens is 3. The highest BCUT2D eigenvalue weighted by atomic mass is 19.3. The minimum Gasteiger partial charge on any atom is -0.351 e. The Hall–Kier alpha value is -3.89. The van der Waals surface area contributed by atoms with E-state index in [4.69, 9.17) is 0 Å². The lowest BCUT2D eigenvalue weighted by Gasteiger charge is -2.38. The molecule has 2 fully saturated rings. The van der Waals surface area contributed by atoms with Gasteiger partial charge in [0.15, 0.2) is 5.82 Å². The fourth-order valence-corrected chi connectivity index (χ4v) is 4.64. The van der Waals surface area contributed by atoms with E-state index >= 15 is 0 Å². The Labute approximate surface area is 206 Å². The molecule has 0 radical (unpaired) electrons. The summed E-state index contributed by atoms with van der Waals surface area (Å²) in [6, 6.07) is 17.6. The zero-order valence-electron chi connectivity index (χ0n) is 19.3. The molecule has 2 aromatic carbocycles. The lowest BCUT2D eigenvalue weighted by molar-refractivity contribution is -0.0154. The van der Waals surface area contributed by atoms with Gasteiger partial charge < -0.3 is 15.2 Å². The Balaban J connectivity index is 1.17. The molecule has 6 rings (SSSR count). The average Bonchev–Trinajstić information content (AvgIpc) is 3.53. The molecule has 0 atom stereocenters. The van der Waals surface area contributed by atoms with Crippen molar-refractivity contribution in [3.63, 3.8) is 0 Å². The third kappa shape index (κ3) is 4.40. The Kier molecular flexibility index (Phi) is 5.82. The molecule has 0 spiro atoms. The summed E-state index contributed by atoms with van der Waals surface area (Å²) in [5.74, 6) is 0.683. The van der Waals surface area contributed by atoms with Crippen LogP contribution in [0.25, 0.3) is 22.3 Å². The van der Waals surface area contributed by atoms with E-state index in [1.54, 1.807) is 12.3 Å². The van der Waals surface area contributed by atoms with E-state index in [-0.39, 0.29) is 19.0 Å². The SMILES string of the molecule is O=C(c1cc2ccc(-c3nccc(Nc4ccc(C5CNNC5)cc4)n3)cc2[nH]1)N1CC(C(F)F)C1. The Morgan fingerprint density at radius 2 is 1.81 bits per heavy atom. The van der Waals surface area contributed by atoms with E-state index in [2.05, 4.69) is 43.3 Å². The van der Waals surface area contributed by atoms with Gasteiger partial charge in [-0.3, -0.25) is 15.6 Å². The van der Waals surface area contributed by atoms with Crippen molar-refractivity contribution in [2.75, 3.05) is 31.5 Å². The zero-order valence-corrected chi connectivity index (χ0v) is 19.3. The topological polar surface area (TPSA) is 98.0 Å². The van der Waals surface area contributed by atoms with Crippen LogP contribution < -0.4 is 16.2 Å². The molecular weight excluding hydrogens is 464 g/mol. The number of anilines is 2. The molecule has 0 unspecified atom stereocenters. The number of alkyl halides is 2.